The monoisotopic (exact) mass is 363 g/mol. The highest BCUT2D eigenvalue weighted by atomic mass is 19.1. The molecule has 27 heavy (non-hydrogen) atoms. The van der Waals surface area contributed by atoms with Gasteiger partial charge in [-0.3, -0.25) is 14.9 Å². The molecule has 4 rings (SSSR count). The molecule has 1 aliphatic rings. The van der Waals surface area contributed by atoms with Crippen LogP contribution in [0.5, 0.6) is 0 Å². The number of halogens is 1. The number of hydrogen-bond acceptors (Lipinski definition) is 4. The van der Waals surface area contributed by atoms with E-state index in [1.807, 2.05) is 42.7 Å². The van der Waals surface area contributed by atoms with Crippen molar-refractivity contribution in [2.24, 2.45) is 0 Å². The molecule has 0 N–H and O–H groups in total. The topological polar surface area (TPSA) is 38.2 Å². The molecule has 1 aromatic carbocycles. The molecule has 0 radical (unpaired) electrons. The number of nitrogens with zero attached hydrogens (tertiary/aromatic N) is 3. The molecule has 0 saturated carbocycles. The molecule has 1 fully saturated rings. The van der Waals surface area contributed by atoms with Gasteiger partial charge >= 0.3 is 0 Å². The Morgan fingerprint density at radius 2 is 1.70 bits per heavy atom. The highest BCUT2D eigenvalue weighted by Gasteiger charge is 2.33. The quantitative estimate of drug-likeness (QED) is 0.691. The van der Waals surface area contributed by atoms with Gasteiger partial charge in [0.15, 0.2) is 0 Å². The predicted octanol–water partition coefficient (Wildman–Crippen LogP) is 3.82. The Hall–Kier alpha value is -2.63. The van der Waals surface area contributed by atoms with Crippen LogP contribution < -0.4 is 0 Å². The summed E-state index contributed by atoms with van der Waals surface area (Å²) in [6.45, 7) is 3.04. The molecule has 2 unspecified atom stereocenters. The third kappa shape index (κ3) is 4.04. The van der Waals surface area contributed by atoms with Crippen molar-refractivity contribution in [1.29, 1.82) is 0 Å². The minimum atomic E-state index is -0.227. The summed E-state index contributed by atoms with van der Waals surface area (Å²) in [6, 6.07) is 16.9. The van der Waals surface area contributed by atoms with Crippen LogP contribution in [0.1, 0.15) is 28.8 Å². The lowest BCUT2D eigenvalue weighted by Gasteiger charge is -2.39. The minimum Gasteiger partial charge on any atom is -0.379 e. The van der Waals surface area contributed by atoms with Crippen molar-refractivity contribution >= 4 is 0 Å². The maximum Gasteiger partial charge on any atom is 0.123 e. The van der Waals surface area contributed by atoms with Gasteiger partial charge in [0, 0.05) is 49.3 Å². The van der Waals surface area contributed by atoms with E-state index in [-0.39, 0.29) is 17.8 Å². The van der Waals surface area contributed by atoms with E-state index < -0.39 is 0 Å². The molecule has 2 aromatic heterocycles. The number of benzene rings is 1. The summed E-state index contributed by atoms with van der Waals surface area (Å²) in [4.78, 5) is 11.4. The lowest BCUT2D eigenvalue weighted by molar-refractivity contribution is 0.0122. The van der Waals surface area contributed by atoms with Crippen molar-refractivity contribution in [3.05, 3.63) is 95.8 Å². The Morgan fingerprint density at radius 1 is 0.889 bits per heavy atom. The molecule has 3 heterocycles. The van der Waals surface area contributed by atoms with Crippen molar-refractivity contribution in [2.75, 3.05) is 26.3 Å². The fourth-order valence-electron chi connectivity index (χ4n) is 3.76. The van der Waals surface area contributed by atoms with Crippen LogP contribution in [0.3, 0.4) is 0 Å². The first kappa shape index (κ1) is 17.8. The molecule has 3 aromatic rings. The van der Waals surface area contributed by atoms with Crippen molar-refractivity contribution in [3.63, 3.8) is 0 Å². The smallest absolute Gasteiger partial charge is 0.123 e. The average molecular weight is 363 g/mol. The zero-order valence-corrected chi connectivity index (χ0v) is 15.0. The molecule has 5 heteroatoms. The molecule has 0 amide bonds. The summed E-state index contributed by atoms with van der Waals surface area (Å²) in [5.41, 5.74) is 3.14. The van der Waals surface area contributed by atoms with Gasteiger partial charge in [0.1, 0.15) is 5.82 Å². The summed E-state index contributed by atoms with van der Waals surface area (Å²) < 4.78 is 19.1. The number of ether oxygens (including phenoxy) is 1. The van der Waals surface area contributed by atoms with E-state index in [1.54, 1.807) is 6.20 Å². The van der Waals surface area contributed by atoms with E-state index in [4.69, 9.17) is 4.74 Å². The van der Waals surface area contributed by atoms with Gasteiger partial charge in [-0.2, -0.15) is 0 Å². The fraction of sp³-hybridized carbons (Fsp3) is 0.273. The first-order valence-electron chi connectivity index (χ1n) is 9.21. The Balaban J connectivity index is 1.84. The van der Waals surface area contributed by atoms with Crippen LogP contribution in [-0.2, 0) is 4.74 Å². The van der Waals surface area contributed by atoms with E-state index in [0.29, 0.717) is 13.2 Å². The second-order valence-corrected chi connectivity index (χ2v) is 6.66. The fourth-order valence-corrected chi connectivity index (χ4v) is 3.76. The number of rotatable bonds is 5. The molecule has 1 saturated heterocycles. The van der Waals surface area contributed by atoms with Crippen LogP contribution in [0.2, 0.25) is 0 Å². The summed E-state index contributed by atoms with van der Waals surface area (Å²) in [6.07, 6.45) is 5.50. The van der Waals surface area contributed by atoms with E-state index in [2.05, 4.69) is 27.0 Å². The molecule has 138 valence electrons. The second-order valence-electron chi connectivity index (χ2n) is 6.66. The van der Waals surface area contributed by atoms with Crippen LogP contribution in [0, 0.1) is 5.82 Å². The van der Waals surface area contributed by atoms with Crippen LogP contribution in [-0.4, -0.2) is 41.2 Å². The molecule has 0 spiro atoms. The van der Waals surface area contributed by atoms with Gasteiger partial charge in [0.25, 0.3) is 0 Å². The lowest BCUT2D eigenvalue weighted by Crippen LogP contribution is -2.41. The van der Waals surface area contributed by atoms with Crippen molar-refractivity contribution in [1.82, 2.24) is 14.9 Å². The number of pyridine rings is 2. The van der Waals surface area contributed by atoms with Crippen molar-refractivity contribution in [2.45, 2.75) is 12.0 Å². The van der Waals surface area contributed by atoms with Crippen LogP contribution >= 0.6 is 0 Å². The summed E-state index contributed by atoms with van der Waals surface area (Å²) in [7, 11) is 0. The van der Waals surface area contributed by atoms with Gasteiger partial charge in [-0.15, -0.1) is 0 Å². The summed E-state index contributed by atoms with van der Waals surface area (Å²) in [5, 5.41) is 0. The van der Waals surface area contributed by atoms with Crippen LogP contribution in [0.25, 0.3) is 0 Å². The summed E-state index contributed by atoms with van der Waals surface area (Å²) >= 11 is 0. The molecule has 1 aliphatic heterocycles. The molecular formula is C22H22FN3O. The standard InChI is InChI=1S/C22H22FN3O/c23-19-8-6-17(7-9-19)22(26-12-14-27-15-13-26)21(18-4-3-10-24-16-18)20-5-1-2-11-25-20/h1-11,16,21-22H,12-15H2. The van der Waals surface area contributed by atoms with Crippen molar-refractivity contribution in [3.8, 4) is 0 Å². The lowest BCUT2D eigenvalue weighted by atomic mass is 9.83. The van der Waals surface area contributed by atoms with Gasteiger partial charge in [0.2, 0.25) is 0 Å². The van der Waals surface area contributed by atoms with Gasteiger partial charge in [0.05, 0.1) is 13.2 Å². The zero-order chi connectivity index (χ0) is 18.5. The van der Waals surface area contributed by atoms with Gasteiger partial charge in [-0.25, -0.2) is 4.39 Å². The maximum absolute atomic E-state index is 13.6. The third-order valence-corrected chi connectivity index (χ3v) is 5.02. The van der Waals surface area contributed by atoms with E-state index >= 15 is 0 Å². The molecule has 0 aliphatic carbocycles. The number of aromatic nitrogens is 2. The number of hydrogen-bond donors (Lipinski definition) is 0. The van der Waals surface area contributed by atoms with Gasteiger partial charge in [-0.05, 0) is 41.5 Å². The highest BCUT2D eigenvalue weighted by Crippen LogP contribution is 2.40. The molecule has 2 atom stereocenters. The first-order valence-corrected chi connectivity index (χ1v) is 9.21. The third-order valence-electron chi connectivity index (χ3n) is 5.02. The second kappa shape index (κ2) is 8.37. The van der Waals surface area contributed by atoms with Gasteiger partial charge in [-0.1, -0.05) is 24.3 Å². The Kier molecular flexibility index (Phi) is 5.51. The number of morpholine rings is 1. The molecule has 4 nitrogen and oxygen atoms in total. The van der Waals surface area contributed by atoms with E-state index in [0.717, 1.165) is 29.9 Å². The van der Waals surface area contributed by atoms with E-state index in [9.17, 15) is 4.39 Å². The van der Waals surface area contributed by atoms with E-state index in [1.165, 1.54) is 12.1 Å². The predicted molar refractivity (Wildman–Crippen MR) is 102 cm³/mol. The Morgan fingerprint density at radius 3 is 2.37 bits per heavy atom. The van der Waals surface area contributed by atoms with Gasteiger partial charge < -0.3 is 4.74 Å². The average Bonchev–Trinajstić information content (AvgIpc) is 2.75. The zero-order valence-electron chi connectivity index (χ0n) is 15.0. The SMILES string of the molecule is Fc1ccc(C(C(c2cccnc2)c2ccccn2)N2CCOCC2)cc1. The van der Waals surface area contributed by atoms with Crippen molar-refractivity contribution < 1.29 is 9.13 Å². The Bertz CT molecular complexity index is 797. The normalized spacial score (nSPS) is 17.4. The highest BCUT2D eigenvalue weighted by molar-refractivity contribution is 5.34. The van der Waals surface area contributed by atoms with Crippen LogP contribution in [0.4, 0.5) is 4.39 Å². The first-order chi connectivity index (χ1) is 13.3. The molecule has 0 bridgehead atoms. The Labute approximate surface area is 158 Å². The molecular weight excluding hydrogens is 341 g/mol. The summed E-state index contributed by atoms with van der Waals surface area (Å²) in [5.74, 6) is -0.237. The largest absolute Gasteiger partial charge is 0.379 e. The minimum absolute atomic E-state index is 0.0107. The maximum atomic E-state index is 13.6. The van der Waals surface area contributed by atoms with Crippen LogP contribution in [0.15, 0.2) is 73.2 Å².